The lowest BCUT2D eigenvalue weighted by molar-refractivity contribution is -0.121. The molecule has 1 aliphatic rings. The summed E-state index contributed by atoms with van der Waals surface area (Å²) in [4.78, 5) is 16.1. The van der Waals surface area contributed by atoms with Crippen LogP contribution in [0.3, 0.4) is 0 Å². The molecule has 3 rings (SSSR count). The Morgan fingerprint density at radius 2 is 2.30 bits per heavy atom. The third-order valence-electron chi connectivity index (χ3n) is 3.74. The Balaban J connectivity index is 1.57. The maximum absolute atomic E-state index is 11.9. The highest BCUT2D eigenvalue weighted by molar-refractivity contribution is 6.36. The molecule has 1 fully saturated rings. The van der Waals surface area contributed by atoms with Gasteiger partial charge in [0.05, 0.1) is 11.2 Å². The summed E-state index contributed by atoms with van der Waals surface area (Å²) >= 11 is 12.0. The number of carbonyl (C=O) groups excluding carboxylic acids is 1. The fourth-order valence-corrected chi connectivity index (χ4v) is 3.04. The van der Waals surface area contributed by atoms with Crippen molar-refractivity contribution in [3.05, 3.63) is 40.3 Å². The van der Waals surface area contributed by atoms with Gasteiger partial charge in [-0.1, -0.05) is 23.2 Å². The lowest BCUT2D eigenvalue weighted by atomic mass is 10.2. The molecule has 0 saturated carbocycles. The van der Waals surface area contributed by atoms with Crippen LogP contribution in [0, 0.1) is 0 Å². The summed E-state index contributed by atoms with van der Waals surface area (Å²) in [6.07, 6.45) is 3.40. The number of amides is 1. The number of carbonyl (C=O) groups is 1. The summed E-state index contributed by atoms with van der Waals surface area (Å²) in [7, 11) is 0. The minimum Gasteiger partial charge on any atom is -0.441 e. The molecule has 1 aromatic carbocycles. The number of benzene rings is 1. The zero-order valence-electron chi connectivity index (χ0n) is 12.4. The highest BCUT2D eigenvalue weighted by atomic mass is 35.5. The lowest BCUT2D eigenvalue weighted by Gasteiger charge is -2.10. The van der Waals surface area contributed by atoms with Gasteiger partial charge in [0.15, 0.2) is 11.7 Å². The average molecular weight is 354 g/mol. The SMILES string of the molecule is O=C(CCc1ncc(-c2ccc(Cl)cc2Cl)o1)NC1CCNC1. The molecule has 0 aliphatic carbocycles. The molecular formula is C16H17Cl2N3O2. The van der Waals surface area contributed by atoms with Crippen molar-refractivity contribution in [1.82, 2.24) is 15.6 Å². The Kier molecular flexibility index (Phi) is 5.20. The number of oxazole rings is 1. The number of hydrogen-bond acceptors (Lipinski definition) is 4. The fourth-order valence-electron chi connectivity index (χ4n) is 2.54. The van der Waals surface area contributed by atoms with Crippen LogP contribution in [0.5, 0.6) is 0 Å². The number of rotatable bonds is 5. The maximum Gasteiger partial charge on any atom is 0.220 e. The first-order chi connectivity index (χ1) is 11.1. The van der Waals surface area contributed by atoms with Gasteiger partial charge in [0.25, 0.3) is 0 Å². The number of nitrogens with zero attached hydrogens (tertiary/aromatic N) is 1. The topological polar surface area (TPSA) is 67.2 Å². The lowest BCUT2D eigenvalue weighted by Crippen LogP contribution is -2.36. The molecule has 0 bridgehead atoms. The Morgan fingerprint density at radius 3 is 3.04 bits per heavy atom. The number of halogens is 2. The summed E-state index contributed by atoms with van der Waals surface area (Å²) in [5.41, 5.74) is 0.733. The normalized spacial score (nSPS) is 17.4. The summed E-state index contributed by atoms with van der Waals surface area (Å²) in [5.74, 6) is 1.11. The second-order valence-corrected chi connectivity index (χ2v) is 6.34. The van der Waals surface area contributed by atoms with Crippen LogP contribution in [0.4, 0.5) is 0 Å². The van der Waals surface area contributed by atoms with Gasteiger partial charge < -0.3 is 15.1 Å². The second-order valence-electron chi connectivity index (χ2n) is 5.50. The van der Waals surface area contributed by atoms with Gasteiger partial charge in [-0.3, -0.25) is 4.79 Å². The van der Waals surface area contributed by atoms with E-state index >= 15 is 0 Å². The van der Waals surface area contributed by atoms with Gasteiger partial charge in [-0.25, -0.2) is 4.98 Å². The van der Waals surface area contributed by atoms with Crippen LogP contribution in [-0.2, 0) is 11.2 Å². The molecular weight excluding hydrogens is 337 g/mol. The third-order valence-corrected chi connectivity index (χ3v) is 4.29. The molecule has 1 aliphatic heterocycles. The zero-order chi connectivity index (χ0) is 16.2. The first-order valence-electron chi connectivity index (χ1n) is 7.52. The molecule has 0 spiro atoms. The predicted molar refractivity (Wildman–Crippen MR) is 89.7 cm³/mol. The van der Waals surface area contributed by atoms with Gasteiger partial charge in [-0.15, -0.1) is 0 Å². The Hall–Kier alpha value is -1.56. The van der Waals surface area contributed by atoms with Gasteiger partial charge in [0.1, 0.15) is 0 Å². The van der Waals surface area contributed by atoms with Crippen molar-refractivity contribution in [3.63, 3.8) is 0 Å². The molecule has 1 saturated heterocycles. The van der Waals surface area contributed by atoms with E-state index in [0.717, 1.165) is 25.1 Å². The largest absolute Gasteiger partial charge is 0.441 e. The quantitative estimate of drug-likeness (QED) is 0.866. The Bertz CT molecular complexity index is 696. The van der Waals surface area contributed by atoms with Crippen molar-refractivity contribution in [2.24, 2.45) is 0 Å². The minimum absolute atomic E-state index is 0.0166. The van der Waals surface area contributed by atoms with Crippen LogP contribution in [0.15, 0.2) is 28.8 Å². The molecule has 2 N–H and O–H groups in total. The summed E-state index contributed by atoms with van der Waals surface area (Å²) in [6.45, 7) is 1.79. The molecule has 2 aromatic rings. The smallest absolute Gasteiger partial charge is 0.220 e. The highest BCUT2D eigenvalue weighted by Gasteiger charge is 2.17. The monoisotopic (exact) mass is 353 g/mol. The molecule has 23 heavy (non-hydrogen) atoms. The summed E-state index contributed by atoms with van der Waals surface area (Å²) in [6, 6.07) is 5.42. The number of nitrogens with one attached hydrogen (secondary N) is 2. The fraction of sp³-hybridized carbons (Fsp3) is 0.375. The first-order valence-corrected chi connectivity index (χ1v) is 8.27. The van der Waals surface area contributed by atoms with Crippen molar-refractivity contribution in [2.75, 3.05) is 13.1 Å². The van der Waals surface area contributed by atoms with Crippen molar-refractivity contribution < 1.29 is 9.21 Å². The molecule has 1 atom stereocenters. The number of hydrogen-bond donors (Lipinski definition) is 2. The van der Waals surface area contributed by atoms with Gasteiger partial charge >= 0.3 is 0 Å². The first kappa shape index (κ1) is 16.3. The predicted octanol–water partition coefficient (Wildman–Crippen LogP) is 3.06. The van der Waals surface area contributed by atoms with Crippen LogP contribution in [0.25, 0.3) is 11.3 Å². The molecule has 122 valence electrons. The number of aromatic nitrogens is 1. The molecule has 0 radical (unpaired) electrons. The van der Waals surface area contributed by atoms with E-state index in [1.54, 1.807) is 24.4 Å². The molecule has 2 heterocycles. The van der Waals surface area contributed by atoms with E-state index in [1.807, 2.05) is 0 Å². The van der Waals surface area contributed by atoms with Crippen molar-refractivity contribution in [2.45, 2.75) is 25.3 Å². The molecule has 5 nitrogen and oxygen atoms in total. The van der Waals surface area contributed by atoms with E-state index in [0.29, 0.717) is 34.5 Å². The van der Waals surface area contributed by atoms with Gasteiger partial charge in [-0.05, 0) is 31.2 Å². The molecule has 1 unspecified atom stereocenters. The van der Waals surface area contributed by atoms with E-state index < -0.39 is 0 Å². The van der Waals surface area contributed by atoms with Crippen LogP contribution >= 0.6 is 23.2 Å². The third kappa shape index (κ3) is 4.25. The van der Waals surface area contributed by atoms with Crippen LogP contribution in [0.1, 0.15) is 18.7 Å². The maximum atomic E-state index is 11.9. The molecule has 1 amide bonds. The standard InChI is InChI=1S/C16H17Cl2N3O2/c17-10-1-2-12(13(18)7-10)14-9-20-16(23-14)4-3-15(22)21-11-5-6-19-8-11/h1-2,7,9,11,19H,3-6,8H2,(H,21,22). The van der Waals surface area contributed by atoms with Gasteiger partial charge in [-0.2, -0.15) is 0 Å². The van der Waals surface area contributed by atoms with E-state index in [4.69, 9.17) is 27.6 Å². The van der Waals surface area contributed by atoms with Gasteiger partial charge in [0, 0.05) is 36.0 Å². The zero-order valence-corrected chi connectivity index (χ0v) is 14.0. The summed E-state index contributed by atoms with van der Waals surface area (Å²) in [5, 5.41) is 7.28. The second kappa shape index (κ2) is 7.34. The van der Waals surface area contributed by atoms with Crippen LogP contribution in [-0.4, -0.2) is 30.0 Å². The van der Waals surface area contributed by atoms with E-state index in [1.165, 1.54) is 0 Å². The highest BCUT2D eigenvalue weighted by Crippen LogP contribution is 2.30. The van der Waals surface area contributed by atoms with E-state index in [-0.39, 0.29) is 11.9 Å². The average Bonchev–Trinajstić information content (AvgIpc) is 3.17. The van der Waals surface area contributed by atoms with Crippen LogP contribution in [0.2, 0.25) is 10.0 Å². The van der Waals surface area contributed by atoms with E-state index in [9.17, 15) is 4.79 Å². The molecule has 7 heteroatoms. The number of aryl methyl sites for hydroxylation is 1. The summed E-state index contributed by atoms with van der Waals surface area (Å²) < 4.78 is 5.68. The molecule has 1 aromatic heterocycles. The Labute approximate surface area is 144 Å². The minimum atomic E-state index is 0.0166. The van der Waals surface area contributed by atoms with Crippen molar-refractivity contribution in [3.8, 4) is 11.3 Å². The van der Waals surface area contributed by atoms with E-state index in [2.05, 4.69) is 15.6 Å². The van der Waals surface area contributed by atoms with Crippen LogP contribution < -0.4 is 10.6 Å². The van der Waals surface area contributed by atoms with Crippen molar-refractivity contribution >= 4 is 29.1 Å². The van der Waals surface area contributed by atoms with Crippen molar-refractivity contribution in [1.29, 1.82) is 0 Å². The Morgan fingerprint density at radius 1 is 1.43 bits per heavy atom. The van der Waals surface area contributed by atoms with Gasteiger partial charge in [0.2, 0.25) is 5.91 Å².